The molecular weight excluding hydrogens is 362 g/mol. The Kier molecular flexibility index (Phi) is 6.70. The number of fused-ring (bicyclic) bond motifs is 1. The topological polar surface area (TPSA) is 65.2 Å². The number of para-hydroxylation sites is 1. The smallest absolute Gasteiger partial charge is 0.226 e. The molecule has 2 aromatic carbocycles. The number of aromatic amines is 1. The second-order valence-corrected chi connectivity index (χ2v) is 7.69. The first kappa shape index (κ1) is 20.6. The number of carbonyl (C=O) groups excluding carboxylic acids is 2. The Labute approximate surface area is 172 Å². The SMILES string of the molecule is CC(=O)N(CCC(=O)Nc1ccc(C(C)C)cc1)CCc1c[nH]c2ccccc12. The number of nitrogens with one attached hydrogen (secondary N) is 2. The number of nitrogens with zero attached hydrogens (tertiary/aromatic N) is 1. The number of H-pyrrole nitrogens is 1. The molecule has 0 aliphatic heterocycles. The van der Waals surface area contributed by atoms with E-state index in [9.17, 15) is 9.59 Å². The highest BCUT2D eigenvalue weighted by Crippen LogP contribution is 2.19. The molecule has 29 heavy (non-hydrogen) atoms. The van der Waals surface area contributed by atoms with Crippen molar-refractivity contribution in [3.63, 3.8) is 0 Å². The Morgan fingerprint density at radius 2 is 1.76 bits per heavy atom. The second kappa shape index (κ2) is 9.41. The lowest BCUT2D eigenvalue weighted by Crippen LogP contribution is -2.33. The molecule has 0 aliphatic rings. The highest BCUT2D eigenvalue weighted by Gasteiger charge is 2.13. The predicted molar refractivity (Wildman–Crippen MR) is 118 cm³/mol. The van der Waals surface area contributed by atoms with Gasteiger partial charge in [-0.15, -0.1) is 0 Å². The van der Waals surface area contributed by atoms with Gasteiger partial charge in [0.1, 0.15) is 0 Å². The van der Waals surface area contributed by atoms with Crippen LogP contribution in [0.25, 0.3) is 10.9 Å². The van der Waals surface area contributed by atoms with Crippen LogP contribution in [0.1, 0.15) is 44.2 Å². The highest BCUT2D eigenvalue weighted by atomic mass is 16.2. The van der Waals surface area contributed by atoms with Gasteiger partial charge >= 0.3 is 0 Å². The number of hydrogen-bond acceptors (Lipinski definition) is 2. The molecule has 0 unspecified atom stereocenters. The molecule has 1 aromatic heterocycles. The van der Waals surface area contributed by atoms with Crippen LogP contribution in [0.4, 0.5) is 5.69 Å². The van der Waals surface area contributed by atoms with Gasteiger partial charge in [0.05, 0.1) is 0 Å². The van der Waals surface area contributed by atoms with E-state index >= 15 is 0 Å². The summed E-state index contributed by atoms with van der Waals surface area (Å²) in [5.41, 5.74) is 4.30. The van der Waals surface area contributed by atoms with E-state index < -0.39 is 0 Å². The van der Waals surface area contributed by atoms with E-state index in [-0.39, 0.29) is 18.2 Å². The molecular formula is C24H29N3O2. The van der Waals surface area contributed by atoms with E-state index in [0.717, 1.165) is 17.6 Å². The van der Waals surface area contributed by atoms with Gasteiger partial charge < -0.3 is 15.2 Å². The van der Waals surface area contributed by atoms with Crippen molar-refractivity contribution in [3.8, 4) is 0 Å². The first-order valence-electron chi connectivity index (χ1n) is 10.1. The largest absolute Gasteiger partial charge is 0.361 e. The molecule has 2 N–H and O–H groups in total. The highest BCUT2D eigenvalue weighted by molar-refractivity contribution is 5.91. The van der Waals surface area contributed by atoms with E-state index in [4.69, 9.17) is 0 Å². The standard InChI is InChI=1S/C24H29N3O2/c1-17(2)19-8-10-21(11-9-19)26-24(29)13-15-27(18(3)28)14-12-20-16-25-23-7-5-4-6-22(20)23/h4-11,16-17,25H,12-15H2,1-3H3,(H,26,29). The first-order valence-corrected chi connectivity index (χ1v) is 10.1. The predicted octanol–water partition coefficient (Wildman–Crippen LogP) is 4.71. The van der Waals surface area contributed by atoms with Crippen LogP contribution in [-0.2, 0) is 16.0 Å². The van der Waals surface area contributed by atoms with E-state index in [1.54, 1.807) is 11.8 Å². The molecule has 0 atom stereocenters. The van der Waals surface area contributed by atoms with Gasteiger partial charge in [-0.1, -0.05) is 44.2 Å². The van der Waals surface area contributed by atoms with Gasteiger partial charge in [0, 0.05) is 49.2 Å². The van der Waals surface area contributed by atoms with Gasteiger partial charge in [-0.2, -0.15) is 0 Å². The summed E-state index contributed by atoms with van der Waals surface area (Å²) in [6.07, 6.45) is 3.03. The third-order valence-corrected chi connectivity index (χ3v) is 5.24. The van der Waals surface area contributed by atoms with Crippen LogP contribution in [0.15, 0.2) is 54.7 Å². The van der Waals surface area contributed by atoms with Crippen molar-refractivity contribution in [1.82, 2.24) is 9.88 Å². The van der Waals surface area contributed by atoms with Gasteiger partial charge in [0.2, 0.25) is 11.8 Å². The zero-order chi connectivity index (χ0) is 20.8. The molecule has 5 heteroatoms. The Morgan fingerprint density at radius 3 is 2.45 bits per heavy atom. The average molecular weight is 392 g/mol. The average Bonchev–Trinajstić information content (AvgIpc) is 3.11. The lowest BCUT2D eigenvalue weighted by atomic mass is 10.0. The van der Waals surface area contributed by atoms with Crippen molar-refractivity contribution in [2.75, 3.05) is 18.4 Å². The molecule has 0 spiro atoms. The first-order chi connectivity index (χ1) is 13.9. The van der Waals surface area contributed by atoms with Crippen LogP contribution in [0.3, 0.4) is 0 Å². The fraction of sp³-hybridized carbons (Fsp3) is 0.333. The van der Waals surface area contributed by atoms with Crippen molar-refractivity contribution in [2.24, 2.45) is 0 Å². The van der Waals surface area contributed by atoms with Crippen molar-refractivity contribution in [1.29, 1.82) is 0 Å². The van der Waals surface area contributed by atoms with E-state index in [1.807, 2.05) is 48.7 Å². The summed E-state index contributed by atoms with van der Waals surface area (Å²) in [7, 11) is 0. The normalized spacial score (nSPS) is 11.0. The van der Waals surface area contributed by atoms with Crippen LogP contribution >= 0.6 is 0 Å². The molecule has 0 bridgehead atoms. The number of benzene rings is 2. The van der Waals surface area contributed by atoms with E-state index in [2.05, 4.69) is 30.2 Å². The Hall–Kier alpha value is -3.08. The zero-order valence-electron chi connectivity index (χ0n) is 17.4. The number of amides is 2. The van der Waals surface area contributed by atoms with Crippen LogP contribution in [-0.4, -0.2) is 34.8 Å². The van der Waals surface area contributed by atoms with Crippen molar-refractivity contribution in [2.45, 2.75) is 39.5 Å². The fourth-order valence-electron chi connectivity index (χ4n) is 3.43. The van der Waals surface area contributed by atoms with Crippen LogP contribution in [0, 0.1) is 0 Å². The summed E-state index contributed by atoms with van der Waals surface area (Å²) in [5, 5.41) is 4.09. The maximum atomic E-state index is 12.3. The quantitative estimate of drug-likeness (QED) is 0.584. The summed E-state index contributed by atoms with van der Waals surface area (Å²) >= 11 is 0. The van der Waals surface area contributed by atoms with Crippen LogP contribution in [0.5, 0.6) is 0 Å². The third kappa shape index (κ3) is 5.47. The minimum absolute atomic E-state index is 0.0149. The molecule has 5 nitrogen and oxygen atoms in total. The Balaban J connectivity index is 1.52. The van der Waals surface area contributed by atoms with Gasteiger partial charge in [0.25, 0.3) is 0 Å². The molecule has 1 heterocycles. The minimum Gasteiger partial charge on any atom is -0.361 e. The number of rotatable bonds is 8. The molecule has 2 amide bonds. The molecule has 3 rings (SSSR count). The third-order valence-electron chi connectivity index (χ3n) is 5.24. The molecule has 0 saturated heterocycles. The number of carbonyl (C=O) groups is 2. The molecule has 0 fully saturated rings. The van der Waals surface area contributed by atoms with Crippen LogP contribution < -0.4 is 5.32 Å². The maximum absolute atomic E-state index is 12.3. The number of aromatic nitrogens is 1. The van der Waals surface area contributed by atoms with Crippen molar-refractivity contribution >= 4 is 28.4 Å². The van der Waals surface area contributed by atoms with Gasteiger partial charge in [-0.3, -0.25) is 9.59 Å². The van der Waals surface area contributed by atoms with Gasteiger partial charge in [0.15, 0.2) is 0 Å². The van der Waals surface area contributed by atoms with E-state index in [1.165, 1.54) is 16.5 Å². The van der Waals surface area contributed by atoms with Gasteiger partial charge in [-0.25, -0.2) is 0 Å². The lowest BCUT2D eigenvalue weighted by Gasteiger charge is -2.20. The van der Waals surface area contributed by atoms with Gasteiger partial charge in [-0.05, 0) is 41.7 Å². The summed E-state index contributed by atoms with van der Waals surface area (Å²) in [6.45, 7) is 6.83. The molecule has 0 radical (unpaired) electrons. The summed E-state index contributed by atoms with van der Waals surface area (Å²) < 4.78 is 0. The van der Waals surface area contributed by atoms with E-state index in [0.29, 0.717) is 19.0 Å². The Bertz CT molecular complexity index is 973. The summed E-state index contributed by atoms with van der Waals surface area (Å²) in [4.78, 5) is 29.3. The Morgan fingerprint density at radius 1 is 1.03 bits per heavy atom. The maximum Gasteiger partial charge on any atom is 0.226 e. The monoisotopic (exact) mass is 391 g/mol. The molecule has 152 valence electrons. The molecule has 3 aromatic rings. The number of hydrogen-bond donors (Lipinski definition) is 2. The number of anilines is 1. The summed E-state index contributed by atoms with van der Waals surface area (Å²) in [6, 6.07) is 16.0. The fourth-order valence-corrected chi connectivity index (χ4v) is 3.43. The molecule has 0 saturated carbocycles. The van der Waals surface area contributed by atoms with Crippen molar-refractivity contribution in [3.05, 3.63) is 65.9 Å². The summed E-state index contributed by atoms with van der Waals surface area (Å²) in [5.74, 6) is 0.362. The molecule has 0 aliphatic carbocycles. The van der Waals surface area contributed by atoms with Crippen molar-refractivity contribution < 1.29 is 9.59 Å². The minimum atomic E-state index is -0.0827. The lowest BCUT2D eigenvalue weighted by molar-refractivity contribution is -0.129. The zero-order valence-corrected chi connectivity index (χ0v) is 17.4. The second-order valence-electron chi connectivity index (χ2n) is 7.69. The van der Waals surface area contributed by atoms with Crippen LogP contribution in [0.2, 0.25) is 0 Å².